The summed E-state index contributed by atoms with van der Waals surface area (Å²) in [4.78, 5) is 25.9. The van der Waals surface area contributed by atoms with Crippen molar-refractivity contribution >= 4 is 23.3 Å². The zero-order valence-corrected chi connectivity index (χ0v) is 14.2. The first-order valence-electron chi connectivity index (χ1n) is 7.63. The topological polar surface area (TPSA) is 82.7 Å². The molecule has 7 nitrogen and oxygen atoms in total. The molecule has 1 rings (SSSR count). The highest BCUT2D eigenvalue weighted by molar-refractivity contribution is 6.01. The van der Waals surface area contributed by atoms with E-state index in [0.29, 0.717) is 30.9 Å². The van der Waals surface area contributed by atoms with Crippen molar-refractivity contribution in [3.63, 3.8) is 0 Å². The smallest absolute Gasteiger partial charge is 0.319 e. The van der Waals surface area contributed by atoms with Crippen LogP contribution in [-0.2, 0) is 4.74 Å². The molecule has 0 saturated carbocycles. The van der Waals surface area contributed by atoms with Crippen LogP contribution in [0.25, 0.3) is 0 Å². The van der Waals surface area contributed by atoms with Gasteiger partial charge in [-0.2, -0.15) is 0 Å². The fourth-order valence-electron chi connectivity index (χ4n) is 2.04. The van der Waals surface area contributed by atoms with Crippen molar-refractivity contribution < 1.29 is 14.3 Å². The number of hydrogen-bond donors (Lipinski definition) is 3. The molecule has 0 radical (unpaired) electrons. The highest BCUT2D eigenvalue weighted by Gasteiger charge is 2.14. The van der Waals surface area contributed by atoms with Gasteiger partial charge in [-0.15, -0.1) is 0 Å². The Balaban J connectivity index is 2.87. The summed E-state index contributed by atoms with van der Waals surface area (Å²) in [7, 11) is 5.37. The lowest BCUT2D eigenvalue weighted by Crippen LogP contribution is -2.29. The van der Waals surface area contributed by atoms with Crippen molar-refractivity contribution in [2.75, 3.05) is 51.1 Å². The molecule has 0 bridgehead atoms. The molecular formula is C16H26N4O3. The van der Waals surface area contributed by atoms with Crippen molar-refractivity contribution in [2.24, 2.45) is 0 Å². The predicted molar refractivity (Wildman–Crippen MR) is 92.3 cm³/mol. The minimum atomic E-state index is -0.295. The van der Waals surface area contributed by atoms with Crippen LogP contribution in [0.2, 0.25) is 0 Å². The van der Waals surface area contributed by atoms with Gasteiger partial charge in [-0.1, -0.05) is 0 Å². The summed E-state index contributed by atoms with van der Waals surface area (Å²) in [6.07, 6.45) is 0.746. The maximum atomic E-state index is 12.4. The number of benzene rings is 1. The average Bonchev–Trinajstić information content (AvgIpc) is 2.51. The molecule has 0 heterocycles. The lowest BCUT2D eigenvalue weighted by atomic mass is 10.1. The van der Waals surface area contributed by atoms with Crippen LogP contribution in [0.5, 0.6) is 0 Å². The molecule has 0 unspecified atom stereocenters. The lowest BCUT2D eigenvalue weighted by Gasteiger charge is -2.18. The number of anilines is 2. The van der Waals surface area contributed by atoms with Gasteiger partial charge in [0.1, 0.15) is 0 Å². The molecule has 3 amide bonds. The van der Waals surface area contributed by atoms with Crippen molar-refractivity contribution in [2.45, 2.75) is 13.3 Å². The normalized spacial score (nSPS) is 10.1. The van der Waals surface area contributed by atoms with Gasteiger partial charge in [0.15, 0.2) is 0 Å². The summed E-state index contributed by atoms with van der Waals surface area (Å²) in [6, 6.07) is 4.96. The van der Waals surface area contributed by atoms with Crippen molar-refractivity contribution in [1.82, 2.24) is 10.6 Å². The van der Waals surface area contributed by atoms with E-state index < -0.39 is 0 Å². The molecule has 0 saturated heterocycles. The fraction of sp³-hybridized carbons (Fsp3) is 0.500. The number of nitrogens with one attached hydrogen (secondary N) is 3. The van der Waals surface area contributed by atoms with Crippen molar-refractivity contribution in [1.29, 1.82) is 0 Å². The van der Waals surface area contributed by atoms with Crippen LogP contribution in [0.15, 0.2) is 18.2 Å². The number of carbonyl (C=O) groups is 2. The van der Waals surface area contributed by atoms with E-state index in [1.807, 2.05) is 32.0 Å². The predicted octanol–water partition coefficient (Wildman–Crippen LogP) is 1.66. The van der Waals surface area contributed by atoms with Crippen LogP contribution >= 0.6 is 0 Å². The third-order valence-corrected chi connectivity index (χ3v) is 3.13. The maximum Gasteiger partial charge on any atom is 0.319 e. The van der Waals surface area contributed by atoms with Crippen molar-refractivity contribution in [3.8, 4) is 0 Å². The van der Waals surface area contributed by atoms with Crippen LogP contribution in [0, 0.1) is 0 Å². The van der Waals surface area contributed by atoms with Crippen LogP contribution in [0.3, 0.4) is 0 Å². The molecule has 1 aromatic carbocycles. The third kappa shape index (κ3) is 6.15. The summed E-state index contributed by atoms with van der Waals surface area (Å²) < 4.78 is 4.96. The molecular weight excluding hydrogens is 296 g/mol. The van der Waals surface area contributed by atoms with Crippen LogP contribution in [0.4, 0.5) is 16.2 Å². The summed E-state index contributed by atoms with van der Waals surface area (Å²) >= 11 is 0. The molecule has 7 heteroatoms. The van der Waals surface area contributed by atoms with Gasteiger partial charge >= 0.3 is 6.03 Å². The monoisotopic (exact) mass is 322 g/mol. The third-order valence-electron chi connectivity index (χ3n) is 3.13. The number of amides is 3. The Morgan fingerprint density at radius 3 is 2.57 bits per heavy atom. The minimum Gasteiger partial charge on any atom is -0.385 e. The largest absolute Gasteiger partial charge is 0.385 e. The van der Waals surface area contributed by atoms with E-state index in [1.165, 1.54) is 0 Å². The second-order valence-corrected chi connectivity index (χ2v) is 5.21. The number of nitrogens with zero attached hydrogens (tertiary/aromatic N) is 1. The first-order valence-corrected chi connectivity index (χ1v) is 7.63. The number of urea groups is 1. The second-order valence-electron chi connectivity index (χ2n) is 5.21. The van der Waals surface area contributed by atoms with E-state index in [1.54, 1.807) is 19.2 Å². The Kier molecular flexibility index (Phi) is 7.90. The van der Waals surface area contributed by atoms with Gasteiger partial charge in [0.05, 0.1) is 5.56 Å². The first kappa shape index (κ1) is 18.8. The van der Waals surface area contributed by atoms with Gasteiger partial charge in [0.2, 0.25) is 0 Å². The summed E-state index contributed by atoms with van der Waals surface area (Å²) in [5, 5.41) is 8.23. The van der Waals surface area contributed by atoms with E-state index in [0.717, 1.165) is 12.1 Å². The highest BCUT2D eigenvalue weighted by Crippen LogP contribution is 2.23. The van der Waals surface area contributed by atoms with Crippen LogP contribution < -0.4 is 20.9 Å². The average molecular weight is 322 g/mol. The Morgan fingerprint density at radius 2 is 1.96 bits per heavy atom. The van der Waals surface area contributed by atoms with E-state index >= 15 is 0 Å². The van der Waals surface area contributed by atoms with E-state index in [9.17, 15) is 9.59 Å². The van der Waals surface area contributed by atoms with E-state index in [-0.39, 0.29) is 11.9 Å². The highest BCUT2D eigenvalue weighted by atomic mass is 16.5. The Labute approximate surface area is 137 Å². The zero-order valence-electron chi connectivity index (χ0n) is 14.2. The van der Waals surface area contributed by atoms with Gasteiger partial charge in [-0.3, -0.25) is 4.79 Å². The summed E-state index contributed by atoms with van der Waals surface area (Å²) in [6.45, 7) is 3.51. The molecule has 128 valence electrons. The van der Waals surface area contributed by atoms with Crippen LogP contribution in [-0.4, -0.2) is 52.8 Å². The van der Waals surface area contributed by atoms with Crippen molar-refractivity contribution in [3.05, 3.63) is 23.8 Å². The quantitative estimate of drug-likeness (QED) is 0.636. The SMILES string of the molecule is CCNC(=O)Nc1ccc(N(C)C)c(C(=O)NCCCOC)c1. The molecule has 1 aromatic rings. The molecule has 23 heavy (non-hydrogen) atoms. The number of ether oxygens (including phenoxy) is 1. The molecule has 3 N–H and O–H groups in total. The Morgan fingerprint density at radius 1 is 1.22 bits per heavy atom. The number of methoxy groups -OCH3 is 1. The number of hydrogen-bond acceptors (Lipinski definition) is 4. The molecule has 0 aliphatic rings. The summed E-state index contributed by atoms with van der Waals surface area (Å²) in [5.41, 5.74) is 1.88. The second kappa shape index (κ2) is 9.68. The molecule has 0 spiro atoms. The van der Waals surface area contributed by atoms with Crippen LogP contribution in [0.1, 0.15) is 23.7 Å². The fourth-order valence-corrected chi connectivity index (χ4v) is 2.04. The molecule has 0 atom stereocenters. The standard InChI is InChI=1S/C16H26N4O3/c1-5-17-16(22)19-12-7-8-14(20(2)3)13(11-12)15(21)18-9-6-10-23-4/h7-8,11H,5-6,9-10H2,1-4H3,(H,18,21)(H2,17,19,22). The van der Waals surface area contributed by atoms with E-state index in [4.69, 9.17) is 4.74 Å². The number of carbonyl (C=O) groups excluding carboxylic acids is 2. The first-order chi connectivity index (χ1) is 11.0. The summed E-state index contributed by atoms with van der Waals surface area (Å²) in [5.74, 6) is -0.177. The molecule has 0 aliphatic carbocycles. The van der Waals surface area contributed by atoms with Gasteiger partial charge in [-0.25, -0.2) is 4.79 Å². The van der Waals surface area contributed by atoms with Gasteiger partial charge in [0.25, 0.3) is 5.91 Å². The molecule has 0 aromatic heterocycles. The molecule has 0 fully saturated rings. The zero-order chi connectivity index (χ0) is 17.2. The lowest BCUT2D eigenvalue weighted by molar-refractivity contribution is 0.0949. The Bertz CT molecular complexity index is 532. The molecule has 0 aliphatic heterocycles. The van der Waals surface area contributed by atoms with Gasteiger partial charge in [-0.05, 0) is 31.5 Å². The minimum absolute atomic E-state index is 0.177. The van der Waals surface area contributed by atoms with Gasteiger partial charge in [0, 0.05) is 52.3 Å². The maximum absolute atomic E-state index is 12.4. The van der Waals surface area contributed by atoms with Gasteiger partial charge < -0.3 is 25.6 Å². The Hall–Kier alpha value is -2.28. The van der Waals surface area contributed by atoms with E-state index in [2.05, 4.69) is 16.0 Å². The number of rotatable bonds is 8.